The maximum Gasteiger partial charge on any atom is 0.271 e. The van der Waals surface area contributed by atoms with E-state index in [1.165, 1.54) is 23.5 Å². The Bertz CT molecular complexity index is 1190. The minimum Gasteiger partial charge on any atom is -0.331 e. The highest BCUT2D eigenvalue weighted by molar-refractivity contribution is 7.14. The number of rotatable bonds is 4. The van der Waals surface area contributed by atoms with E-state index in [-0.39, 0.29) is 5.69 Å². The molecule has 4 aromatic rings. The summed E-state index contributed by atoms with van der Waals surface area (Å²) in [6.45, 7) is 3.76. The van der Waals surface area contributed by atoms with Gasteiger partial charge in [0.1, 0.15) is 16.5 Å². The third kappa shape index (κ3) is 3.22. The molecule has 0 bridgehead atoms. The molecule has 27 heavy (non-hydrogen) atoms. The van der Waals surface area contributed by atoms with Crippen LogP contribution >= 0.6 is 22.9 Å². The van der Waals surface area contributed by atoms with Gasteiger partial charge in [-0.25, -0.2) is 14.5 Å². The molecular formula is C17H13ClN6O2S. The number of nitro groups is 1. The van der Waals surface area contributed by atoms with Crippen molar-refractivity contribution in [2.45, 2.75) is 13.8 Å². The molecule has 1 aromatic carbocycles. The molecule has 0 aliphatic heterocycles. The number of non-ortho nitro benzene ring substituents is 1. The van der Waals surface area contributed by atoms with Crippen molar-refractivity contribution in [2.75, 3.05) is 5.32 Å². The second-order valence-corrected chi connectivity index (χ2v) is 7.14. The lowest BCUT2D eigenvalue weighted by Gasteiger charge is -2.06. The molecule has 10 heteroatoms. The first-order valence-corrected chi connectivity index (χ1v) is 9.18. The number of fused-ring (bicyclic) bond motifs is 1. The molecule has 0 atom stereocenters. The summed E-state index contributed by atoms with van der Waals surface area (Å²) in [4.78, 5) is 19.7. The summed E-state index contributed by atoms with van der Waals surface area (Å²) < 4.78 is 1.66. The first-order valence-electron chi connectivity index (χ1n) is 7.92. The Morgan fingerprint density at radius 1 is 1.22 bits per heavy atom. The fourth-order valence-electron chi connectivity index (χ4n) is 2.73. The number of anilines is 2. The zero-order valence-electron chi connectivity index (χ0n) is 14.3. The Hall–Kier alpha value is -3.04. The monoisotopic (exact) mass is 400 g/mol. The van der Waals surface area contributed by atoms with Crippen molar-refractivity contribution in [1.82, 2.24) is 19.6 Å². The lowest BCUT2D eigenvalue weighted by Crippen LogP contribution is -1.97. The van der Waals surface area contributed by atoms with Crippen molar-refractivity contribution in [2.24, 2.45) is 0 Å². The molecule has 3 aromatic heterocycles. The van der Waals surface area contributed by atoms with Crippen LogP contribution in [0.25, 0.3) is 17.0 Å². The van der Waals surface area contributed by atoms with Gasteiger partial charge in [-0.05, 0) is 31.5 Å². The second kappa shape index (κ2) is 6.60. The van der Waals surface area contributed by atoms with Crippen LogP contribution in [0.4, 0.5) is 16.5 Å². The van der Waals surface area contributed by atoms with E-state index < -0.39 is 4.92 Å². The lowest BCUT2D eigenvalue weighted by molar-refractivity contribution is -0.384. The molecule has 0 amide bonds. The third-order valence-electron chi connectivity index (χ3n) is 4.04. The molecule has 3 heterocycles. The number of thiazole rings is 1. The molecule has 0 unspecified atom stereocenters. The van der Waals surface area contributed by atoms with E-state index in [0.717, 1.165) is 17.0 Å². The van der Waals surface area contributed by atoms with Gasteiger partial charge in [-0.2, -0.15) is 5.10 Å². The minimum absolute atomic E-state index is 0.0244. The Morgan fingerprint density at radius 3 is 2.81 bits per heavy atom. The number of imidazole rings is 1. The van der Waals surface area contributed by atoms with Crippen LogP contribution in [0.3, 0.4) is 0 Å². The van der Waals surface area contributed by atoms with Gasteiger partial charge in [0.15, 0.2) is 10.8 Å². The molecular weight excluding hydrogens is 388 g/mol. The summed E-state index contributed by atoms with van der Waals surface area (Å²) in [5.41, 5.74) is 4.48. The molecule has 0 fully saturated rings. The van der Waals surface area contributed by atoms with Gasteiger partial charge in [-0.15, -0.1) is 11.3 Å². The van der Waals surface area contributed by atoms with Gasteiger partial charge in [0.05, 0.1) is 16.3 Å². The number of nitrogens with zero attached hydrogens (tertiary/aromatic N) is 5. The van der Waals surface area contributed by atoms with Crippen LogP contribution in [0.5, 0.6) is 0 Å². The highest BCUT2D eigenvalue weighted by atomic mass is 35.5. The Labute approximate surface area is 162 Å². The maximum atomic E-state index is 11.0. The van der Waals surface area contributed by atoms with Gasteiger partial charge in [0.2, 0.25) is 0 Å². The normalized spacial score (nSPS) is 11.1. The van der Waals surface area contributed by atoms with Crippen molar-refractivity contribution in [3.63, 3.8) is 0 Å². The van der Waals surface area contributed by atoms with Crippen LogP contribution in [0.1, 0.15) is 11.3 Å². The quantitative estimate of drug-likeness (QED) is 0.391. The smallest absolute Gasteiger partial charge is 0.271 e. The van der Waals surface area contributed by atoms with Crippen molar-refractivity contribution in [3.8, 4) is 11.4 Å². The van der Waals surface area contributed by atoms with Crippen molar-refractivity contribution < 1.29 is 4.92 Å². The molecule has 136 valence electrons. The molecule has 8 nitrogen and oxygen atoms in total. The number of hydrogen-bond donors (Lipinski definition) is 1. The van der Waals surface area contributed by atoms with E-state index in [0.29, 0.717) is 27.3 Å². The van der Waals surface area contributed by atoms with E-state index in [2.05, 4.69) is 20.4 Å². The first kappa shape index (κ1) is 17.4. The summed E-state index contributed by atoms with van der Waals surface area (Å²) in [5, 5.41) is 21.3. The lowest BCUT2D eigenvalue weighted by atomic mass is 10.2. The number of halogens is 1. The first-order chi connectivity index (χ1) is 12.9. The fraction of sp³-hybridized carbons (Fsp3) is 0.118. The molecule has 0 spiro atoms. The van der Waals surface area contributed by atoms with Gasteiger partial charge in [-0.1, -0.05) is 17.7 Å². The van der Waals surface area contributed by atoms with Crippen LogP contribution in [0, 0.1) is 24.0 Å². The predicted molar refractivity (Wildman–Crippen MR) is 105 cm³/mol. The average Bonchev–Trinajstić information content (AvgIpc) is 3.19. The fourth-order valence-corrected chi connectivity index (χ4v) is 3.57. The summed E-state index contributed by atoms with van der Waals surface area (Å²) in [6.07, 6.45) is 0. The van der Waals surface area contributed by atoms with E-state index in [1.54, 1.807) is 22.7 Å². The van der Waals surface area contributed by atoms with E-state index in [4.69, 9.17) is 11.6 Å². The second-order valence-electron chi connectivity index (χ2n) is 5.89. The molecule has 0 aliphatic rings. The van der Waals surface area contributed by atoms with Gasteiger partial charge in [0, 0.05) is 17.5 Å². The number of aromatic nitrogens is 4. The molecule has 4 rings (SSSR count). The van der Waals surface area contributed by atoms with Crippen molar-refractivity contribution in [3.05, 3.63) is 62.2 Å². The Morgan fingerprint density at radius 2 is 2.04 bits per heavy atom. The number of nitrogens with one attached hydrogen (secondary N) is 1. The minimum atomic E-state index is -0.422. The SMILES string of the molecule is Cc1ccc([N+](=O)[O-])cc1Nc1nc(-c2c(C)nc3ccc(Cl)nn23)cs1. The summed E-state index contributed by atoms with van der Waals surface area (Å²) in [6, 6.07) is 8.16. The van der Waals surface area contributed by atoms with E-state index >= 15 is 0 Å². The zero-order chi connectivity index (χ0) is 19.1. The maximum absolute atomic E-state index is 11.0. The summed E-state index contributed by atoms with van der Waals surface area (Å²) >= 11 is 7.41. The Balaban J connectivity index is 1.71. The van der Waals surface area contributed by atoms with Gasteiger partial charge in [0.25, 0.3) is 5.69 Å². The Kier molecular flexibility index (Phi) is 4.25. The zero-order valence-corrected chi connectivity index (χ0v) is 15.9. The standard InChI is InChI=1S/C17H13ClN6O2S/c1-9-3-4-11(24(25)26)7-12(9)20-17-21-13(8-27-17)16-10(2)19-15-6-5-14(18)22-23(15)16/h3-8H,1-2H3,(H,20,21). The topological polar surface area (TPSA) is 98.2 Å². The summed E-state index contributed by atoms with van der Waals surface area (Å²) in [5.74, 6) is 0. The molecule has 0 radical (unpaired) electrons. The highest BCUT2D eigenvalue weighted by Gasteiger charge is 2.16. The van der Waals surface area contributed by atoms with E-state index in [9.17, 15) is 10.1 Å². The van der Waals surface area contributed by atoms with Gasteiger partial charge < -0.3 is 5.32 Å². The average molecular weight is 401 g/mol. The van der Waals surface area contributed by atoms with Crippen LogP contribution in [0.15, 0.2) is 35.7 Å². The van der Waals surface area contributed by atoms with Gasteiger partial charge in [-0.3, -0.25) is 10.1 Å². The van der Waals surface area contributed by atoms with Crippen LogP contribution < -0.4 is 5.32 Å². The number of hydrogen-bond acceptors (Lipinski definition) is 7. The van der Waals surface area contributed by atoms with Crippen molar-refractivity contribution >= 4 is 45.1 Å². The van der Waals surface area contributed by atoms with E-state index in [1.807, 2.05) is 19.2 Å². The highest BCUT2D eigenvalue weighted by Crippen LogP contribution is 2.31. The predicted octanol–water partition coefficient (Wildman–Crippen LogP) is 4.77. The van der Waals surface area contributed by atoms with Crippen LogP contribution in [-0.4, -0.2) is 24.5 Å². The summed E-state index contributed by atoms with van der Waals surface area (Å²) in [7, 11) is 0. The molecule has 0 saturated heterocycles. The van der Waals surface area contributed by atoms with Crippen molar-refractivity contribution in [1.29, 1.82) is 0 Å². The number of aryl methyl sites for hydroxylation is 2. The number of nitro benzene ring substituents is 1. The molecule has 0 saturated carbocycles. The molecule has 0 aliphatic carbocycles. The largest absolute Gasteiger partial charge is 0.331 e. The third-order valence-corrected chi connectivity index (χ3v) is 5.00. The molecule has 1 N–H and O–H groups in total. The van der Waals surface area contributed by atoms with Gasteiger partial charge >= 0.3 is 0 Å². The number of benzene rings is 1. The van der Waals surface area contributed by atoms with Crippen LogP contribution in [-0.2, 0) is 0 Å². The van der Waals surface area contributed by atoms with Crippen LogP contribution in [0.2, 0.25) is 5.15 Å².